The number of aromatic nitrogens is 1. The molecular formula is C25H36N4O5. The van der Waals surface area contributed by atoms with E-state index in [0.29, 0.717) is 30.2 Å². The minimum atomic E-state index is -0.681. The largest absolute Gasteiger partial charge is 0.496 e. The highest BCUT2D eigenvalue weighted by Crippen LogP contribution is 2.32. The number of oxazole rings is 1. The highest BCUT2D eigenvalue weighted by molar-refractivity contribution is 5.97. The Hall–Kier alpha value is -3.07. The fourth-order valence-corrected chi connectivity index (χ4v) is 4.06. The van der Waals surface area contributed by atoms with Crippen LogP contribution in [-0.4, -0.2) is 59.8 Å². The van der Waals surface area contributed by atoms with Gasteiger partial charge in [0.1, 0.15) is 17.4 Å². The van der Waals surface area contributed by atoms with Gasteiger partial charge in [0.15, 0.2) is 12.2 Å². The molecule has 34 heavy (non-hydrogen) atoms. The van der Waals surface area contributed by atoms with E-state index in [-0.39, 0.29) is 17.9 Å². The van der Waals surface area contributed by atoms with Crippen molar-refractivity contribution < 1.29 is 23.5 Å². The Morgan fingerprint density at radius 3 is 2.65 bits per heavy atom. The van der Waals surface area contributed by atoms with Crippen LogP contribution in [0.3, 0.4) is 0 Å². The molecule has 0 radical (unpaired) electrons. The van der Waals surface area contributed by atoms with E-state index in [1.807, 2.05) is 34.6 Å². The minimum Gasteiger partial charge on any atom is -0.496 e. The van der Waals surface area contributed by atoms with Crippen LogP contribution in [0, 0.1) is 5.92 Å². The SMILES string of the molecule is COc1cc(NC(=O)C(CC(C)C)N(C(=O)OC(C)(C)C)C2CCNC2)ccc1-c1cnco1. The first-order valence-electron chi connectivity index (χ1n) is 11.7. The Kier molecular flexibility index (Phi) is 8.19. The van der Waals surface area contributed by atoms with Gasteiger partial charge in [-0.3, -0.25) is 9.69 Å². The molecule has 1 saturated heterocycles. The number of hydrogen-bond donors (Lipinski definition) is 2. The number of amides is 2. The molecule has 1 aromatic heterocycles. The molecule has 1 aromatic carbocycles. The van der Waals surface area contributed by atoms with Crippen molar-refractivity contribution in [3.63, 3.8) is 0 Å². The van der Waals surface area contributed by atoms with Gasteiger partial charge in [0.25, 0.3) is 0 Å². The number of carbonyl (C=O) groups excluding carboxylic acids is 2. The van der Waals surface area contributed by atoms with E-state index in [2.05, 4.69) is 15.6 Å². The lowest BCUT2D eigenvalue weighted by atomic mass is 9.99. The normalized spacial score (nSPS) is 16.9. The average Bonchev–Trinajstić information content (AvgIpc) is 3.46. The molecule has 2 unspecified atom stereocenters. The number of rotatable bonds is 8. The molecule has 2 N–H and O–H groups in total. The summed E-state index contributed by atoms with van der Waals surface area (Å²) in [4.78, 5) is 32.4. The molecule has 186 valence electrons. The second-order valence-electron chi connectivity index (χ2n) is 9.95. The molecule has 2 atom stereocenters. The molecule has 0 spiro atoms. The molecule has 2 heterocycles. The summed E-state index contributed by atoms with van der Waals surface area (Å²) in [6.07, 6.45) is 3.75. The highest BCUT2D eigenvalue weighted by atomic mass is 16.6. The average molecular weight is 473 g/mol. The lowest BCUT2D eigenvalue weighted by Crippen LogP contribution is -2.54. The fourth-order valence-electron chi connectivity index (χ4n) is 4.06. The molecule has 9 heteroatoms. The highest BCUT2D eigenvalue weighted by Gasteiger charge is 2.39. The maximum absolute atomic E-state index is 13.6. The van der Waals surface area contributed by atoms with Crippen molar-refractivity contribution in [3.05, 3.63) is 30.8 Å². The summed E-state index contributed by atoms with van der Waals surface area (Å²) >= 11 is 0. The van der Waals surface area contributed by atoms with Gasteiger partial charge in [-0.1, -0.05) is 13.8 Å². The van der Waals surface area contributed by atoms with Crippen LogP contribution in [0.1, 0.15) is 47.5 Å². The zero-order chi connectivity index (χ0) is 24.9. The van der Waals surface area contributed by atoms with E-state index in [1.54, 1.807) is 36.4 Å². The number of methoxy groups -OCH3 is 1. The predicted molar refractivity (Wildman–Crippen MR) is 130 cm³/mol. The summed E-state index contributed by atoms with van der Waals surface area (Å²) in [5.41, 5.74) is 0.626. The number of benzene rings is 1. The van der Waals surface area contributed by atoms with Crippen molar-refractivity contribution in [2.45, 2.75) is 65.1 Å². The summed E-state index contributed by atoms with van der Waals surface area (Å²) in [7, 11) is 1.56. The summed E-state index contributed by atoms with van der Waals surface area (Å²) < 4.78 is 16.6. The van der Waals surface area contributed by atoms with Crippen LogP contribution >= 0.6 is 0 Å². The Labute approximate surface area is 201 Å². The summed E-state index contributed by atoms with van der Waals surface area (Å²) in [6, 6.07) is 4.52. The Bertz CT molecular complexity index is 962. The molecule has 1 fully saturated rings. The molecule has 3 rings (SSSR count). The molecule has 0 bridgehead atoms. The van der Waals surface area contributed by atoms with E-state index in [9.17, 15) is 9.59 Å². The van der Waals surface area contributed by atoms with Crippen molar-refractivity contribution in [1.29, 1.82) is 0 Å². The maximum Gasteiger partial charge on any atom is 0.411 e. The third-order valence-electron chi connectivity index (χ3n) is 5.53. The first-order chi connectivity index (χ1) is 16.1. The lowest BCUT2D eigenvalue weighted by Gasteiger charge is -2.37. The fraction of sp³-hybridized carbons (Fsp3) is 0.560. The van der Waals surface area contributed by atoms with E-state index in [1.165, 1.54) is 6.39 Å². The molecule has 9 nitrogen and oxygen atoms in total. The van der Waals surface area contributed by atoms with Crippen LogP contribution < -0.4 is 15.4 Å². The number of nitrogens with zero attached hydrogens (tertiary/aromatic N) is 2. The number of carbonyl (C=O) groups is 2. The van der Waals surface area contributed by atoms with Gasteiger partial charge in [-0.15, -0.1) is 0 Å². The molecule has 2 amide bonds. The molecule has 1 aliphatic heterocycles. The van der Waals surface area contributed by atoms with Crippen molar-refractivity contribution in [2.24, 2.45) is 5.92 Å². The lowest BCUT2D eigenvalue weighted by molar-refractivity contribution is -0.122. The first-order valence-corrected chi connectivity index (χ1v) is 11.7. The first kappa shape index (κ1) is 25.6. The van der Waals surface area contributed by atoms with E-state index >= 15 is 0 Å². The van der Waals surface area contributed by atoms with Gasteiger partial charge in [-0.25, -0.2) is 9.78 Å². The molecule has 0 saturated carbocycles. The Balaban J connectivity index is 1.88. The molecular weight excluding hydrogens is 436 g/mol. The Morgan fingerprint density at radius 2 is 2.09 bits per heavy atom. The van der Waals surface area contributed by atoms with Gasteiger partial charge in [0, 0.05) is 24.3 Å². The van der Waals surface area contributed by atoms with Gasteiger partial charge in [0.05, 0.1) is 18.9 Å². The zero-order valence-corrected chi connectivity index (χ0v) is 20.9. The predicted octanol–water partition coefficient (Wildman–Crippen LogP) is 4.30. The zero-order valence-electron chi connectivity index (χ0n) is 20.9. The number of nitrogens with one attached hydrogen (secondary N) is 2. The second kappa shape index (κ2) is 10.9. The quantitative estimate of drug-likeness (QED) is 0.590. The number of anilines is 1. The summed E-state index contributed by atoms with van der Waals surface area (Å²) in [5.74, 6) is 1.04. The van der Waals surface area contributed by atoms with E-state index in [0.717, 1.165) is 18.5 Å². The second-order valence-corrected chi connectivity index (χ2v) is 9.95. The summed E-state index contributed by atoms with van der Waals surface area (Å²) in [6.45, 7) is 11.0. The monoisotopic (exact) mass is 472 g/mol. The van der Waals surface area contributed by atoms with Gasteiger partial charge < -0.3 is 24.5 Å². The maximum atomic E-state index is 13.6. The third-order valence-corrected chi connectivity index (χ3v) is 5.53. The number of ether oxygens (including phenoxy) is 2. The van der Waals surface area contributed by atoms with Crippen molar-refractivity contribution in [2.75, 3.05) is 25.5 Å². The van der Waals surface area contributed by atoms with Crippen molar-refractivity contribution in [1.82, 2.24) is 15.2 Å². The minimum absolute atomic E-state index is 0.118. The van der Waals surface area contributed by atoms with E-state index in [4.69, 9.17) is 13.9 Å². The standard InChI is InChI=1S/C25H36N4O5/c1-16(2)11-20(29(18-9-10-26-13-18)24(31)34-25(3,4)5)23(30)28-17-7-8-19(21(12-17)32-6)22-14-27-15-33-22/h7-8,12,14-16,18,20,26H,9-11,13H2,1-6H3,(H,28,30). The van der Waals surface area contributed by atoms with Crippen LogP contribution in [0.4, 0.5) is 10.5 Å². The van der Waals surface area contributed by atoms with Crippen molar-refractivity contribution >= 4 is 17.7 Å². The van der Waals surface area contributed by atoms with Gasteiger partial charge >= 0.3 is 6.09 Å². The molecule has 0 aliphatic carbocycles. The van der Waals surface area contributed by atoms with E-state index < -0.39 is 17.7 Å². The van der Waals surface area contributed by atoms with Crippen LogP contribution in [0.5, 0.6) is 5.75 Å². The number of hydrogen-bond acceptors (Lipinski definition) is 7. The smallest absolute Gasteiger partial charge is 0.411 e. The van der Waals surface area contributed by atoms with Crippen LogP contribution in [0.2, 0.25) is 0 Å². The topological polar surface area (TPSA) is 106 Å². The van der Waals surface area contributed by atoms with Gasteiger partial charge in [-0.05, 0) is 58.2 Å². The van der Waals surface area contributed by atoms with Crippen molar-refractivity contribution in [3.8, 4) is 17.1 Å². The Morgan fingerprint density at radius 1 is 1.32 bits per heavy atom. The molecule has 1 aliphatic rings. The third kappa shape index (κ3) is 6.50. The van der Waals surface area contributed by atoms with Gasteiger partial charge in [0.2, 0.25) is 5.91 Å². The van der Waals surface area contributed by atoms with Crippen LogP contribution in [-0.2, 0) is 9.53 Å². The van der Waals surface area contributed by atoms with Gasteiger partial charge in [-0.2, -0.15) is 0 Å². The molecule has 2 aromatic rings. The van der Waals surface area contributed by atoms with Crippen LogP contribution in [0.25, 0.3) is 11.3 Å². The van der Waals surface area contributed by atoms with Crippen LogP contribution in [0.15, 0.2) is 35.2 Å². The summed E-state index contributed by atoms with van der Waals surface area (Å²) in [5, 5.41) is 6.27.